The van der Waals surface area contributed by atoms with Crippen LogP contribution in [0.1, 0.15) is 16.2 Å². The molecule has 0 fully saturated rings. The highest BCUT2D eigenvalue weighted by Gasteiger charge is 2.23. The van der Waals surface area contributed by atoms with E-state index in [1.807, 2.05) is 11.4 Å². The third-order valence-electron chi connectivity index (χ3n) is 3.34. The first kappa shape index (κ1) is 17.7. The van der Waals surface area contributed by atoms with Gasteiger partial charge in [0.1, 0.15) is 5.76 Å². The van der Waals surface area contributed by atoms with E-state index in [0.29, 0.717) is 33.2 Å². The van der Waals surface area contributed by atoms with E-state index in [4.69, 9.17) is 27.7 Å². The van der Waals surface area contributed by atoms with Gasteiger partial charge in [0, 0.05) is 23.6 Å². The summed E-state index contributed by atoms with van der Waals surface area (Å²) in [5.41, 5.74) is 1.75. The van der Waals surface area contributed by atoms with Gasteiger partial charge < -0.3 is 4.52 Å². The lowest BCUT2D eigenvalue weighted by molar-refractivity contribution is 0.0981. The fourth-order valence-electron chi connectivity index (χ4n) is 2.16. The second-order valence-corrected chi connectivity index (χ2v) is 6.82. The molecule has 0 bridgehead atoms. The molecule has 0 unspecified atom stereocenters. The predicted molar refractivity (Wildman–Crippen MR) is 101 cm³/mol. The number of rotatable bonds is 5. The number of aromatic nitrogens is 2. The Bertz CT molecular complexity index is 936. The molecule has 1 aromatic carbocycles. The highest BCUT2D eigenvalue weighted by Crippen LogP contribution is 2.32. The molecule has 128 valence electrons. The molecule has 0 saturated carbocycles. The Labute approximate surface area is 158 Å². The summed E-state index contributed by atoms with van der Waals surface area (Å²) < 4.78 is 4.98. The van der Waals surface area contributed by atoms with Gasteiger partial charge in [0.15, 0.2) is 10.8 Å². The monoisotopic (exact) mass is 393 g/mol. The van der Waals surface area contributed by atoms with Crippen LogP contribution in [0.15, 0.2) is 46.8 Å². The Morgan fingerprint density at radius 3 is 2.80 bits per heavy atom. The van der Waals surface area contributed by atoms with E-state index in [1.165, 1.54) is 16.2 Å². The van der Waals surface area contributed by atoms with E-state index in [2.05, 4.69) is 16.7 Å². The summed E-state index contributed by atoms with van der Waals surface area (Å²) in [4.78, 5) is 18.7. The number of nitrogens with zero attached hydrogens (tertiary/aromatic N) is 3. The van der Waals surface area contributed by atoms with Crippen LogP contribution in [0, 0.1) is 6.92 Å². The Hall–Kier alpha value is -2.15. The first-order valence-corrected chi connectivity index (χ1v) is 8.90. The van der Waals surface area contributed by atoms with Crippen LogP contribution >= 0.6 is 34.5 Å². The molecule has 2 heterocycles. The Morgan fingerprint density at radius 2 is 2.16 bits per heavy atom. The molecule has 25 heavy (non-hydrogen) atoms. The van der Waals surface area contributed by atoms with Gasteiger partial charge in [-0.3, -0.25) is 9.69 Å². The van der Waals surface area contributed by atoms with E-state index in [-0.39, 0.29) is 11.6 Å². The molecule has 0 aliphatic carbocycles. The van der Waals surface area contributed by atoms with Crippen molar-refractivity contribution in [3.63, 3.8) is 0 Å². The highest BCUT2D eigenvalue weighted by molar-refractivity contribution is 7.14. The molecule has 0 radical (unpaired) electrons. The zero-order chi connectivity index (χ0) is 18.0. The van der Waals surface area contributed by atoms with Gasteiger partial charge in [-0.05, 0) is 19.1 Å². The first-order chi connectivity index (χ1) is 12.0. The third kappa shape index (κ3) is 3.76. The summed E-state index contributed by atoms with van der Waals surface area (Å²) in [5, 5.41) is 7.09. The molecule has 0 spiro atoms. The third-order valence-corrected chi connectivity index (χ3v) is 4.94. The minimum atomic E-state index is -0.299. The van der Waals surface area contributed by atoms with Crippen LogP contribution in [0.25, 0.3) is 11.3 Å². The Kier molecular flexibility index (Phi) is 5.22. The number of halogens is 2. The van der Waals surface area contributed by atoms with Crippen molar-refractivity contribution in [3.8, 4) is 11.3 Å². The van der Waals surface area contributed by atoms with Crippen molar-refractivity contribution in [2.24, 2.45) is 0 Å². The van der Waals surface area contributed by atoms with Gasteiger partial charge in [0.2, 0.25) is 0 Å². The molecular weight excluding hydrogens is 381 g/mol. The maximum Gasteiger partial charge on any atom is 0.282 e. The number of benzene rings is 1. The molecular formula is C17H13Cl2N3O2S. The lowest BCUT2D eigenvalue weighted by Gasteiger charge is -2.16. The molecule has 1 amide bonds. The van der Waals surface area contributed by atoms with Gasteiger partial charge in [0.05, 0.1) is 15.7 Å². The van der Waals surface area contributed by atoms with Gasteiger partial charge in [-0.25, -0.2) is 4.98 Å². The maximum atomic E-state index is 12.7. The summed E-state index contributed by atoms with van der Waals surface area (Å²) in [6, 6.07) is 6.87. The Balaban J connectivity index is 1.92. The Morgan fingerprint density at radius 1 is 1.36 bits per heavy atom. The van der Waals surface area contributed by atoms with Crippen molar-refractivity contribution in [1.29, 1.82) is 0 Å². The fraction of sp³-hybridized carbons (Fsp3) is 0.118. The van der Waals surface area contributed by atoms with E-state index in [1.54, 1.807) is 31.2 Å². The van der Waals surface area contributed by atoms with Crippen molar-refractivity contribution >= 4 is 45.6 Å². The summed E-state index contributed by atoms with van der Waals surface area (Å²) in [5.74, 6) is 0.268. The second-order valence-electron chi connectivity index (χ2n) is 5.17. The smallest absolute Gasteiger partial charge is 0.282 e. The van der Waals surface area contributed by atoms with Crippen molar-refractivity contribution in [1.82, 2.24) is 10.1 Å². The fourth-order valence-corrected chi connectivity index (χ4v) is 3.30. The zero-order valence-electron chi connectivity index (χ0n) is 13.2. The van der Waals surface area contributed by atoms with Crippen molar-refractivity contribution in [3.05, 3.63) is 63.8 Å². The van der Waals surface area contributed by atoms with Crippen LogP contribution in [0.2, 0.25) is 10.0 Å². The molecule has 0 atom stereocenters. The molecule has 3 rings (SSSR count). The van der Waals surface area contributed by atoms with Gasteiger partial charge in [-0.15, -0.1) is 17.9 Å². The van der Waals surface area contributed by atoms with E-state index in [0.717, 1.165) is 5.56 Å². The van der Waals surface area contributed by atoms with Crippen LogP contribution in [-0.2, 0) is 0 Å². The molecule has 0 aliphatic rings. The van der Waals surface area contributed by atoms with Crippen molar-refractivity contribution in [2.75, 3.05) is 11.4 Å². The quantitative estimate of drug-likeness (QED) is 0.555. The summed E-state index contributed by atoms with van der Waals surface area (Å²) in [6.07, 6.45) is 1.63. The molecule has 5 nitrogen and oxygen atoms in total. The largest absolute Gasteiger partial charge is 0.361 e. The summed E-state index contributed by atoms with van der Waals surface area (Å²) >= 11 is 13.4. The number of thiazole rings is 1. The number of hydrogen-bond acceptors (Lipinski definition) is 5. The van der Waals surface area contributed by atoms with Gasteiger partial charge in [-0.2, -0.15) is 0 Å². The normalized spacial score (nSPS) is 10.7. The molecule has 8 heteroatoms. The van der Waals surface area contributed by atoms with Crippen molar-refractivity contribution in [2.45, 2.75) is 6.92 Å². The maximum absolute atomic E-state index is 12.7. The molecule has 0 aliphatic heterocycles. The second kappa shape index (κ2) is 7.39. The van der Waals surface area contributed by atoms with E-state index in [9.17, 15) is 4.79 Å². The van der Waals surface area contributed by atoms with Crippen LogP contribution in [0.3, 0.4) is 0 Å². The molecule has 2 aromatic heterocycles. The SMILES string of the molecule is C=CCN(C(=O)c1cc(C)on1)c1nc(-c2ccc(Cl)c(Cl)c2)cs1. The van der Waals surface area contributed by atoms with E-state index < -0.39 is 0 Å². The summed E-state index contributed by atoms with van der Waals surface area (Å²) in [7, 11) is 0. The lowest BCUT2D eigenvalue weighted by Crippen LogP contribution is -2.31. The van der Waals surface area contributed by atoms with Crippen LogP contribution in [0.5, 0.6) is 0 Å². The minimum Gasteiger partial charge on any atom is -0.361 e. The summed E-state index contributed by atoms with van der Waals surface area (Å²) in [6.45, 7) is 5.73. The van der Waals surface area contributed by atoms with Gasteiger partial charge in [-0.1, -0.05) is 40.5 Å². The molecule has 0 saturated heterocycles. The van der Waals surface area contributed by atoms with Gasteiger partial charge >= 0.3 is 0 Å². The molecule has 3 aromatic rings. The predicted octanol–water partition coefficient (Wildman–Crippen LogP) is 5.25. The number of hydrogen-bond donors (Lipinski definition) is 0. The standard InChI is InChI=1S/C17H13Cl2N3O2S/c1-3-6-22(16(23)14-7-10(2)24-21-14)17-20-15(9-25-17)11-4-5-12(18)13(19)8-11/h3-5,7-9H,1,6H2,2H3. The van der Waals surface area contributed by atoms with Crippen LogP contribution in [-0.4, -0.2) is 22.6 Å². The first-order valence-electron chi connectivity index (χ1n) is 7.26. The number of carbonyl (C=O) groups is 1. The molecule has 0 N–H and O–H groups in total. The van der Waals surface area contributed by atoms with E-state index >= 15 is 0 Å². The average molecular weight is 394 g/mol. The number of anilines is 1. The zero-order valence-corrected chi connectivity index (χ0v) is 15.5. The van der Waals surface area contributed by atoms with Crippen LogP contribution in [0.4, 0.5) is 5.13 Å². The lowest BCUT2D eigenvalue weighted by atomic mass is 10.2. The van der Waals surface area contributed by atoms with Crippen LogP contribution < -0.4 is 4.90 Å². The topological polar surface area (TPSA) is 59.2 Å². The van der Waals surface area contributed by atoms with Gasteiger partial charge in [0.25, 0.3) is 5.91 Å². The minimum absolute atomic E-state index is 0.227. The highest BCUT2D eigenvalue weighted by atomic mass is 35.5. The van der Waals surface area contributed by atoms with Crippen molar-refractivity contribution < 1.29 is 9.32 Å². The number of aryl methyl sites for hydroxylation is 1. The number of amides is 1. The number of carbonyl (C=O) groups excluding carboxylic acids is 1. The average Bonchev–Trinajstić information content (AvgIpc) is 3.24.